The molecule has 1 aliphatic heterocycles. The number of hydrogen-bond acceptors (Lipinski definition) is 4. The van der Waals surface area contributed by atoms with Crippen LogP contribution in [0.15, 0.2) is 12.1 Å². The number of anilines is 2. The summed E-state index contributed by atoms with van der Waals surface area (Å²) in [5, 5.41) is 8.98. The van der Waals surface area contributed by atoms with Crippen LogP contribution in [0, 0.1) is 12.8 Å². The maximum Gasteiger partial charge on any atom is 0.306 e. The first-order chi connectivity index (χ1) is 9.02. The molecule has 0 aromatic heterocycles. The fraction of sp³-hybridized carbons (Fsp3) is 0.429. The number of nitrogens with zero attached hydrogens (tertiary/aromatic N) is 1. The van der Waals surface area contributed by atoms with Crippen LogP contribution in [-0.4, -0.2) is 30.5 Å². The van der Waals surface area contributed by atoms with Gasteiger partial charge in [-0.05, 0) is 37.5 Å². The SMILES string of the molecule is Cc1cc(N)c(N2CCC(C(=O)O)CC2)cc1C=O. The lowest BCUT2D eigenvalue weighted by Crippen LogP contribution is -2.36. The van der Waals surface area contributed by atoms with E-state index in [0.717, 1.165) is 17.5 Å². The lowest BCUT2D eigenvalue weighted by molar-refractivity contribution is -0.142. The van der Waals surface area contributed by atoms with Crippen molar-refractivity contribution in [1.82, 2.24) is 0 Å². The molecular weight excluding hydrogens is 244 g/mol. The highest BCUT2D eigenvalue weighted by molar-refractivity contribution is 5.84. The summed E-state index contributed by atoms with van der Waals surface area (Å²) in [7, 11) is 0. The van der Waals surface area contributed by atoms with Gasteiger partial charge in [0.25, 0.3) is 0 Å². The Hall–Kier alpha value is -2.04. The molecule has 2 rings (SSSR count). The van der Waals surface area contributed by atoms with Gasteiger partial charge in [-0.15, -0.1) is 0 Å². The van der Waals surface area contributed by atoms with Crippen molar-refractivity contribution in [3.8, 4) is 0 Å². The molecular formula is C14H18N2O3. The number of aryl methyl sites for hydroxylation is 1. The largest absolute Gasteiger partial charge is 0.481 e. The van der Waals surface area contributed by atoms with Gasteiger partial charge in [-0.1, -0.05) is 0 Å². The molecule has 5 nitrogen and oxygen atoms in total. The van der Waals surface area contributed by atoms with Crippen LogP contribution in [-0.2, 0) is 4.79 Å². The third-order valence-corrected chi connectivity index (χ3v) is 3.73. The molecule has 0 radical (unpaired) electrons. The Morgan fingerprint density at radius 2 is 2.05 bits per heavy atom. The number of carboxylic acids is 1. The highest BCUT2D eigenvalue weighted by Crippen LogP contribution is 2.30. The van der Waals surface area contributed by atoms with Gasteiger partial charge in [0.1, 0.15) is 6.29 Å². The van der Waals surface area contributed by atoms with Crippen molar-refractivity contribution in [3.05, 3.63) is 23.3 Å². The predicted octanol–water partition coefficient (Wildman–Crippen LogP) is 1.69. The number of hydrogen-bond donors (Lipinski definition) is 2. The summed E-state index contributed by atoms with van der Waals surface area (Å²) < 4.78 is 0. The zero-order valence-corrected chi connectivity index (χ0v) is 10.9. The van der Waals surface area contributed by atoms with Gasteiger partial charge in [0.05, 0.1) is 17.3 Å². The number of aliphatic carboxylic acids is 1. The summed E-state index contributed by atoms with van der Waals surface area (Å²) in [4.78, 5) is 24.0. The number of carboxylic acid groups (broad SMARTS) is 1. The first kappa shape index (κ1) is 13.4. The highest BCUT2D eigenvalue weighted by Gasteiger charge is 2.25. The average molecular weight is 262 g/mol. The second-order valence-corrected chi connectivity index (χ2v) is 4.99. The smallest absolute Gasteiger partial charge is 0.306 e. The number of carbonyl (C=O) groups excluding carboxylic acids is 1. The minimum absolute atomic E-state index is 0.270. The number of piperidine rings is 1. The van der Waals surface area contributed by atoms with E-state index in [2.05, 4.69) is 4.90 Å². The summed E-state index contributed by atoms with van der Waals surface area (Å²) in [5.74, 6) is -1.00. The van der Waals surface area contributed by atoms with Gasteiger partial charge < -0.3 is 15.7 Å². The quantitative estimate of drug-likeness (QED) is 0.639. The molecule has 0 unspecified atom stereocenters. The van der Waals surface area contributed by atoms with Crippen LogP contribution in [0.4, 0.5) is 11.4 Å². The molecule has 1 aromatic carbocycles. The maximum absolute atomic E-state index is 11.0. The van der Waals surface area contributed by atoms with Crippen molar-refractivity contribution in [3.63, 3.8) is 0 Å². The van der Waals surface area contributed by atoms with E-state index in [1.807, 2.05) is 6.92 Å². The molecule has 3 N–H and O–H groups in total. The first-order valence-electron chi connectivity index (χ1n) is 6.36. The van der Waals surface area contributed by atoms with Gasteiger partial charge >= 0.3 is 5.97 Å². The average Bonchev–Trinajstić information content (AvgIpc) is 2.39. The number of carbonyl (C=O) groups is 2. The lowest BCUT2D eigenvalue weighted by Gasteiger charge is -2.33. The van der Waals surface area contributed by atoms with Gasteiger partial charge in [-0.3, -0.25) is 9.59 Å². The minimum Gasteiger partial charge on any atom is -0.481 e. The number of aldehydes is 1. The number of rotatable bonds is 3. The topological polar surface area (TPSA) is 83.6 Å². The Kier molecular flexibility index (Phi) is 3.74. The molecule has 1 fully saturated rings. The summed E-state index contributed by atoms with van der Waals surface area (Å²) >= 11 is 0. The molecule has 1 heterocycles. The van der Waals surface area contributed by atoms with Crippen LogP contribution >= 0.6 is 0 Å². The van der Waals surface area contributed by atoms with E-state index in [0.29, 0.717) is 37.2 Å². The fourth-order valence-corrected chi connectivity index (χ4v) is 2.50. The zero-order valence-electron chi connectivity index (χ0n) is 10.9. The second kappa shape index (κ2) is 5.30. The Bertz CT molecular complexity index is 506. The van der Waals surface area contributed by atoms with Gasteiger partial charge in [0.15, 0.2) is 0 Å². The monoisotopic (exact) mass is 262 g/mol. The molecule has 0 spiro atoms. The van der Waals surface area contributed by atoms with E-state index in [-0.39, 0.29) is 5.92 Å². The third kappa shape index (κ3) is 2.70. The van der Waals surface area contributed by atoms with Crippen LogP contribution in [0.5, 0.6) is 0 Å². The third-order valence-electron chi connectivity index (χ3n) is 3.73. The minimum atomic E-state index is -0.731. The molecule has 1 aromatic rings. The Balaban J connectivity index is 2.19. The van der Waals surface area contributed by atoms with E-state index in [9.17, 15) is 9.59 Å². The molecule has 0 amide bonds. The summed E-state index contributed by atoms with van der Waals surface area (Å²) in [6.45, 7) is 3.16. The Morgan fingerprint density at radius 3 is 2.58 bits per heavy atom. The summed E-state index contributed by atoms with van der Waals surface area (Å²) in [6.07, 6.45) is 2.04. The number of nitrogen functional groups attached to an aromatic ring is 1. The van der Waals surface area contributed by atoms with Crippen LogP contribution in [0.25, 0.3) is 0 Å². The Morgan fingerprint density at radius 1 is 1.42 bits per heavy atom. The van der Waals surface area contributed by atoms with Crippen molar-refractivity contribution >= 4 is 23.6 Å². The normalized spacial score (nSPS) is 16.4. The van der Waals surface area contributed by atoms with Crippen molar-refractivity contribution in [2.45, 2.75) is 19.8 Å². The van der Waals surface area contributed by atoms with Gasteiger partial charge in [0, 0.05) is 18.7 Å². The standard InChI is InChI=1S/C14H18N2O3/c1-9-6-12(15)13(7-11(9)8-17)16-4-2-10(3-5-16)14(18)19/h6-8,10H,2-5,15H2,1H3,(H,18,19). The molecule has 0 atom stereocenters. The van der Waals surface area contributed by atoms with E-state index in [1.165, 1.54) is 0 Å². The molecule has 19 heavy (non-hydrogen) atoms. The molecule has 0 saturated carbocycles. The number of benzene rings is 1. The van der Waals surface area contributed by atoms with Crippen LogP contribution in [0.2, 0.25) is 0 Å². The van der Waals surface area contributed by atoms with Crippen molar-refractivity contribution < 1.29 is 14.7 Å². The van der Waals surface area contributed by atoms with Crippen molar-refractivity contribution in [1.29, 1.82) is 0 Å². The van der Waals surface area contributed by atoms with E-state index in [4.69, 9.17) is 10.8 Å². The lowest BCUT2D eigenvalue weighted by atomic mass is 9.96. The molecule has 1 aliphatic rings. The molecule has 1 saturated heterocycles. The van der Waals surface area contributed by atoms with Gasteiger partial charge in [-0.25, -0.2) is 0 Å². The second-order valence-electron chi connectivity index (χ2n) is 4.99. The van der Waals surface area contributed by atoms with Gasteiger partial charge in [-0.2, -0.15) is 0 Å². The van der Waals surface area contributed by atoms with E-state index >= 15 is 0 Å². The van der Waals surface area contributed by atoms with Gasteiger partial charge in [0.2, 0.25) is 0 Å². The molecule has 102 valence electrons. The van der Waals surface area contributed by atoms with Crippen LogP contribution < -0.4 is 10.6 Å². The fourth-order valence-electron chi connectivity index (χ4n) is 2.50. The molecule has 0 bridgehead atoms. The summed E-state index contributed by atoms with van der Waals surface area (Å²) in [6, 6.07) is 3.58. The zero-order chi connectivity index (χ0) is 14.0. The predicted molar refractivity (Wildman–Crippen MR) is 73.6 cm³/mol. The van der Waals surface area contributed by atoms with Crippen molar-refractivity contribution in [2.24, 2.45) is 5.92 Å². The molecule has 0 aliphatic carbocycles. The van der Waals surface area contributed by atoms with Crippen LogP contribution in [0.1, 0.15) is 28.8 Å². The van der Waals surface area contributed by atoms with Crippen LogP contribution in [0.3, 0.4) is 0 Å². The first-order valence-corrected chi connectivity index (χ1v) is 6.36. The maximum atomic E-state index is 11.0. The molecule has 5 heteroatoms. The van der Waals surface area contributed by atoms with E-state index < -0.39 is 5.97 Å². The Labute approximate surface area is 112 Å². The highest BCUT2D eigenvalue weighted by atomic mass is 16.4. The van der Waals surface area contributed by atoms with Crippen molar-refractivity contribution in [2.75, 3.05) is 23.7 Å². The summed E-state index contributed by atoms with van der Waals surface area (Å²) in [5.41, 5.74) is 8.95. The van der Waals surface area contributed by atoms with E-state index in [1.54, 1.807) is 12.1 Å². The number of nitrogens with two attached hydrogens (primary N) is 1.